The predicted molar refractivity (Wildman–Crippen MR) is 115 cm³/mol. The largest absolute Gasteiger partial charge is 0.497 e. The first-order valence-corrected chi connectivity index (χ1v) is 12.0. The van der Waals surface area contributed by atoms with Crippen LogP contribution in [0.4, 0.5) is 0 Å². The van der Waals surface area contributed by atoms with Gasteiger partial charge in [0.25, 0.3) is 0 Å². The minimum absolute atomic E-state index is 0.0168. The maximum absolute atomic E-state index is 13.3. The summed E-state index contributed by atoms with van der Waals surface area (Å²) >= 11 is 0. The van der Waals surface area contributed by atoms with E-state index in [2.05, 4.69) is 0 Å². The SMILES string of the molecule is COc1cccc(CN2C[C@@]34CN(C(=O)Cc5ccccc5)C[C@@H](C[C@@H]3S2(=O)=O)O4)c1. The van der Waals surface area contributed by atoms with Crippen molar-refractivity contribution in [2.24, 2.45) is 0 Å². The Bertz CT molecular complexity index is 1090. The van der Waals surface area contributed by atoms with Crippen molar-refractivity contribution in [3.63, 3.8) is 0 Å². The molecule has 3 aliphatic heterocycles. The van der Waals surface area contributed by atoms with Crippen LogP contribution in [0.3, 0.4) is 0 Å². The summed E-state index contributed by atoms with van der Waals surface area (Å²) in [6.45, 7) is 1.30. The highest BCUT2D eigenvalue weighted by Crippen LogP contribution is 2.47. The molecule has 1 spiro atoms. The molecule has 0 unspecified atom stereocenters. The zero-order valence-electron chi connectivity index (χ0n) is 17.4. The Balaban J connectivity index is 1.35. The van der Waals surface area contributed by atoms with Crippen molar-refractivity contribution < 1.29 is 22.7 Å². The second-order valence-corrected chi connectivity index (χ2v) is 10.7. The lowest BCUT2D eigenvalue weighted by molar-refractivity contribution is -0.150. The van der Waals surface area contributed by atoms with E-state index in [1.807, 2.05) is 54.6 Å². The molecule has 2 bridgehead atoms. The van der Waals surface area contributed by atoms with Crippen LogP contribution in [0.25, 0.3) is 0 Å². The number of nitrogens with zero attached hydrogens (tertiary/aromatic N) is 2. The lowest BCUT2D eigenvalue weighted by Crippen LogP contribution is -2.56. The molecule has 3 heterocycles. The summed E-state index contributed by atoms with van der Waals surface area (Å²) in [6.07, 6.45) is 0.521. The minimum atomic E-state index is -3.52. The molecule has 3 fully saturated rings. The maximum atomic E-state index is 13.3. The van der Waals surface area contributed by atoms with Crippen LogP contribution in [-0.4, -0.2) is 67.2 Å². The Labute approximate surface area is 182 Å². The first kappa shape index (κ1) is 20.5. The fourth-order valence-corrected chi connectivity index (χ4v) is 7.43. The number of amides is 1. The lowest BCUT2D eigenvalue weighted by atomic mass is 9.99. The number of ether oxygens (including phenoxy) is 2. The zero-order chi connectivity index (χ0) is 21.6. The van der Waals surface area contributed by atoms with Crippen molar-refractivity contribution in [2.45, 2.75) is 36.3 Å². The molecular weight excluding hydrogens is 416 g/mol. The summed E-state index contributed by atoms with van der Waals surface area (Å²) in [5, 5.41) is -0.606. The average Bonchev–Trinajstić information content (AvgIpc) is 3.13. The second-order valence-electron chi connectivity index (χ2n) is 8.63. The Morgan fingerprint density at radius 1 is 1.13 bits per heavy atom. The number of carbonyl (C=O) groups excluding carboxylic acids is 1. The fourth-order valence-electron chi connectivity index (χ4n) is 5.14. The first-order valence-electron chi connectivity index (χ1n) is 10.5. The number of carbonyl (C=O) groups is 1. The molecule has 164 valence electrons. The summed E-state index contributed by atoms with van der Waals surface area (Å²) < 4.78 is 39.7. The van der Waals surface area contributed by atoms with Crippen LogP contribution in [0.15, 0.2) is 54.6 Å². The van der Waals surface area contributed by atoms with Gasteiger partial charge in [0, 0.05) is 19.6 Å². The molecule has 5 rings (SSSR count). The smallest absolute Gasteiger partial charge is 0.227 e. The van der Waals surface area contributed by atoms with Gasteiger partial charge >= 0.3 is 0 Å². The van der Waals surface area contributed by atoms with Crippen LogP contribution < -0.4 is 4.74 Å². The number of morpholine rings is 1. The zero-order valence-corrected chi connectivity index (χ0v) is 18.3. The monoisotopic (exact) mass is 442 g/mol. The van der Waals surface area contributed by atoms with Gasteiger partial charge in [-0.05, 0) is 29.7 Å². The van der Waals surface area contributed by atoms with E-state index in [4.69, 9.17) is 9.47 Å². The van der Waals surface area contributed by atoms with Gasteiger partial charge in [-0.2, -0.15) is 4.31 Å². The van der Waals surface area contributed by atoms with E-state index in [0.29, 0.717) is 31.7 Å². The summed E-state index contributed by atoms with van der Waals surface area (Å²) in [5.41, 5.74) is 0.968. The summed E-state index contributed by atoms with van der Waals surface area (Å²) in [6, 6.07) is 17.1. The van der Waals surface area contributed by atoms with Crippen LogP contribution in [0.2, 0.25) is 0 Å². The summed E-state index contributed by atoms with van der Waals surface area (Å²) in [7, 11) is -1.93. The van der Waals surface area contributed by atoms with E-state index in [0.717, 1.165) is 11.1 Å². The van der Waals surface area contributed by atoms with Crippen molar-refractivity contribution in [1.29, 1.82) is 0 Å². The molecule has 0 aliphatic carbocycles. The van der Waals surface area contributed by atoms with Gasteiger partial charge in [0.2, 0.25) is 15.9 Å². The number of sulfonamides is 1. The van der Waals surface area contributed by atoms with Gasteiger partial charge in [0.15, 0.2) is 0 Å². The molecule has 0 saturated carbocycles. The number of hydrogen-bond acceptors (Lipinski definition) is 5. The molecule has 2 aromatic carbocycles. The van der Waals surface area contributed by atoms with Crippen molar-refractivity contribution in [3.8, 4) is 5.75 Å². The van der Waals surface area contributed by atoms with Gasteiger partial charge in [-0.1, -0.05) is 42.5 Å². The highest BCUT2D eigenvalue weighted by molar-refractivity contribution is 7.90. The molecule has 3 saturated heterocycles. The summed E-state index contributed by atoms with van der Waals surface area (Å²) in [5.74, 6) is 0.710. The highest BCUT2D eigenvalue weighted by atomic mass is 32.2. The Morgan fingerprint density at radius 2 is 1.90 bits per heavy atom. The van der Waals surface area contributed by atoms with Gasteiger partial charge in [-0.25, -0.2) is 8.42 Å². The van der Waals surface area contributed by atoms with Crippen LogP contribution >= 0.6 is 0 Å². The molecular formula is C23H26N2O5S. The molecule has 0 N–H and O–H groups in total. The van der Waals surface area contributed by atoms with E-state index in [9.17, 15) is 13.2 Å². The molecule has 3 atom stereocenters. The number of hydrogen-bond donors (Lipinski definition) is 0. The summed E-state index contributed by atoms with van der Waals surface area (Å²) in [4.78, 5) is 14.8. The number of likely N-dealkylation sites (tertiary alicyclic amines) is 1. The molecule has 3 aliphatic rings. The fraction of sp³-hybridized carbons (Fsp3) is 0.435. The third kappa shape index (κ3) is 3.62. The van der Waals surface area contributed by atoms with E-state index >= 15 is 0 Å². The van der Waals surface area contributed by atoms with E-state index < -0.39 is 20.9 Å². The van der Waals surface area contributed by atoms with Gasteiger partial charge in [-0.15, -0.1) is 0 Å². The van der Waals surface area contributed by atoms with Gasteiger partial charge < -0.3 is 14.4 Å². The lowest BCUT2D eigenvalue weighted by Gasteiger charge is -2.39. The van der Waals surface area contributed by atoms with E-state index in [1.54, 1.807) is 12.0 Å². The Hall–Kier alpha value is -2.42. The van der Waals surface area contributed by atoms with Crippen LogP contribution in [0, 0.1) is 0 Å². The second kappa shape index (κ2) is 7.62. The Morgan fingerprint density at radius 3 is 2.68 bits per heavy atom. The van der Waals surface area contributed by atoms with Crippen LogP contribution in [0.1, 0.15) is 17.5 Å². The molecule has 7 nitrogen and oxygen atoms in total. The minimum Gasteiger partial charge on any atom is -0.497 e. The van der Waals surface area contributed by atoms with Crippen LogP contribution in [0.5, 0.6) is 5.75 Å². The highest BCUT2D eigenvalue weighted by Gasteiger charge is 2.65. The molecule has 1 amide bonds. The van der Waals surface area contributed by atoms with Crippen molar-refractivity contribution in [1.82, 2.24) is 9.21 Å². The molecule has 31 heavy (non-hydrogen) atoms. The van der Waals surface area contributed by atoms with Gasteiger partial charge in [0.1, 0.15) is 16.6 Å². The van der Waals surface area contributed by atoms with Crippen molar-refractivity contribution in [2.75, 3.05) is 26.7 Å². The first-order chi connectivity index (χ1) is 14.9. The Kier molecular flexibility index (Phi) is 5.03. The molecule has 8 heteroatoms. The third-order valence-electron chi connectivity index (χ3n) is 6.56. The standard InChI is InChI=1S/C23H26N2O5S/c1-29-19-9-5-8-18(10-19)13-25-16-23-15-24(22(26)11-17-6-3-2-4-7-17)14-20(30-23)12-21(23)31(25,27)28/h2-10,20-21H,11-16H2,1H3/t20-,21+,23+/m1/s1. The van der Waals surface area contributed by atoms with Crippen molar-refractivity contribution >= 4 is 15.9 Å². The predicted octanol–water partition coefficient (Wildman–Crippen LogP) is 1.82. The molecule has 0 aromatic heterocycles. The average molecular weight is 443 g/mol. The van der Waals surface area contributed by atoms with Crippen LogP contribution in [-0.2, 0) is 32.5 Å². The van der Waals surface area contributed by atoms with Gasteiger partial charge in [0.05, 0.1) is 26.2 Å². The maximum Gasteiger partial charge on any atom is 0.227 e. The topological polar surface area (TPSA) is 76.2 Å². The van der Waals surface area contributed by atoms with E-state index in [1.165, 1.54) is 4.31 Å². The normalized spacial score (nSPS) is 29.0. The molecule has 2 aromatic rings. The number of fused-ring (bicyclic) bond motifs is 1. The number of benzene rings is 2. The van der Waals surface area contributed by atoms with Crippen molar-refractivity contribution in [3.05, 3.63) is 65.7 Å². The quantitative estimate of drug-likeness (QED) is 0.706. The van der Waals surface area contributed by atoms with Gasteiger partial charge in [-0.3, -0.25) is 4.79 Å². The van der Waals surface area contributed by atoms with E-state index in [-0.39, 0.29) is 25.1 Å². The number of methoxy groups -OCH3 is 1. The third-order valence-corrected chi connectivity index (χ3v) is 8.87. The number of rotatable bonds is 5. The molecule has 0 radical (unpaired) electrons.